The minimum atomic E-state index is -0.366. The molecule has 0 bridgehead atoms. The Kier molecular flexibility index (Phi) is 4.90. The number of nitrogens with zero attached hydrogens (tertiary/aromatic N) is 1. The van der Waals surface area contributed by atoms with Gasteiger partial charge in [-0.1, -0.05) is 25.5 Å². The second-order valence-electron chi connectivity index (χ2n) is 4.09. The molecule has 0 spiro atoms. The van der Waals surface area contributed by atoms with Crippen molar-refractivity contribution < 1.29 is 4.92 Å². The van der Waals surface area contributed by atoms with Crippen molar-refractivity contribution in [1.82, 2.24) is 0 Å². The van der Waals surface area contributed by atoms with Crippen molar-refractivity contribution in [2.24, 2.45) is 5.73 Å². The number of nitro groups is 1. The van der Waals surface area contributed by atoms with E-state index in [1.165, 1.54) is 6.07 Å². The summed E-state index contributed by atoms with van der Waals surface area (Å²) in [5.74, 6) is 0. The van der Waals surface area contributed by atoms with Crippen LogP contribution < -0.4 is 11.1 Å². The van der Waals surface area contributed by atoms with Crippen LogP contribution in [-0.2, 0) is 0 Å². The molecule has 0 fully saturated rings. The number of anilines is 1. The number of nitrogens with two attached hydrogens (primary N) is 1. The van der Waals surface area contributed by atoms with E-state index in [4.69, 9.17) is 5.73 Å². The Morgan fingerprint density at radius 1 is 1.53 bits per heavy atom. The minimum absolute atomic E-state index is 0.0831. The predicted octanol–water partition coefficient (Wildman–Crippen LogP) is 2.44. The van der Waals surface area contributed by atoms with E-state index in [2.05, 4.69) is 12.2 Å². The Balaban J connectivity index is 2.99. The predicted molar refractivity (Wildman–Crippen MR) is 69.2 cm³/mol. The van der Waals surface area contributed by atoms with E-state index in [0.717, 1.165) is 18.4 Å². The molecule has 0 aliphatic heterocycles. The number of para-hydroxylation sites is 1. The van der Waals surface area contributed by atoms with Gasteiger partial charge in [-0.25, -0.2) is 0 Å². The number of benzene rings is 1. The highest BCUT2D eigenvalue weighted by Crippen LogP contribution is 2.28. The fourth-order valence-corrected chi connectivity index (χ4v) is 1.79. The number of nitrogens with one attached hydrogen (secondary N) is 1. The molecule has 0 saturated heterocycles. The molecule has 3 N–H and O–H groups in total. The SMILES string of the molecule is CCCC(CN)Nc1c(C)cccc1[N+](=O)[O-]. The summed E-state index contributed by atoms with van der Waals surface area (Å²) >= 11 is 0. The Labute approximate surface area is 101 Å². The second-order valence-corrected chi connectivity index (χ2v) is 4.09. The molecule has 0 amide bonds. The molecule has 17 heavy (non-hydrogen) atoms. The summed E-state index contributed by atoms with van der Waals surface area (Å²) in [5, 5.41) is 14.1. The summed E-state index contributed by atoms with van der Waals surface area (Å²) in [7, 11) is 0. The van der Waals surface area contributed by atoms with Crippen LogP contribution in [0.4, 0.5) is 11.4 Å². The summed E-state index contributed by atoms with van der Waals surface area (Å²) in [6.07, 6.45) is 1.90. The highest BCUT2D eigenvalue weighted by Gasteiger charge is 2.17. The van der Waals surface area contributed by atoms with Gasteiger partial charge in [-0.2, -0.15) is 0 Å². The van der Waals surface area contributed by atoms with Crippen LogP contribution in [0.1, 0.15) is 25.3 Å². The van der Waals surface area contributed by atoms with E-state index in [9.17, 15) is 10.1 Å². The maximum Gasteiger partial charge on any atom is 0.292 e. The normalized spacial score (nSPS) is 12.2. The highest BCUT2D eigenvalue weighted by atomic mass is 16.6. The number of aryl methyl sites for hydroxylation is 1. The van der Waals surface area contributed by atoms with Crippen molar-refractivity contribution >= 4 is 11.4 Å². The first kappa shape index (κ1) is 13.4. The van der Waals surface area contributed by atoms with Crippen molar-refractivity contribution in [3.8, 4) is 0 Å². The third kappa shape index (κ3) is 3.42. The topological polar surface area (TPSA) is 81.2 Å². The van der Waals surface area contributed by atoms with E-state index in [-0.39, 0.29) is 16.7 Å². The lowest BCUT2D eigenvalue weighted by Gasteiger charge is -2.18. The summed E-state index contributed by atoms with van der Waals surface area (Å²) in [4.78, 5) is 10.6. The molecule has 5 nitrogen and oxygen atoms in total. The highest BCUT2D eigenvalue weighted by molar-refractivity contribution is 5.66. The van der Waals surface area contributed by atoms with Gasteiger partial charge in [0.2, 0.25) is 0 Å². The molecule has 0 aliphatic rings. The average Bonchev–Trinajstić information content (AvgIpc) is 2.30. The lowest BCUT2D eigenvalue weighted by molar-refractivity contribution is -0.384. The molecule has 1 atom stereocenters. The van der Waals surface area contributed by atoms with Crippen molar-refractivity contribution in [2.75, 3.05) is 11.9 Å². The van der Waals surface area contributed by atoms with Crippen LogP contribution in [0.15, 0.2) is 18.2 Å². The zero-order valence-electron chi connectivity index (χ0n) is 10.3. The molecule has 0 heterocycles. The quantitative estimate of drug-likeness (QED) is 0.588. The van der Waals surface area contributed by atoms with Gasteiger partial charge in [-0.3, -0.25) is 10.1 Å². The van der Waals surface area contributed by atoms with E-state index in [1.807, 2.05) is 13.0 Å². The second kappa shape index (κ2) is 6.20. The zero-order valence-corrected chi connectivity index (χ0v) is 10.3. The van der Waals surface area contributed by atoms with Crippen molar-refractivity contribution in [3.63, 3.8) is 0 Å². The van der Waals surface area contributed by atoms with Gasteiger partial charge in [-0.15, -0.1) is 0 Å². The maximum absolute atomic E-state index is 10.9. The smallest absolute Gasteiger partial charge is 0.292 e. The third-order valence-electron chi connectivity index (χ3n) is 2.72. The van der Waals surface area contributed by atoms with Crippen LogP contribution in [0.2, 0.25) is 0 Å². The molecule has 0 saturated carbocycles. The standard InChI is InChI=1S/C12H19N3O2/c1-3-5-10(8-13)14-12-9(2)6-4-7-11(12)15(16)17/h4,6-7,10,14H,3,5,8,13H2,1-2H3. The van der Waals surface area contributed by atoms with Crippen LogP contribution in [-0.4, -0.2) is 17.5 Å². The van der Waals surface area contributed by atoms with Gasteiger partial charge < -0.3 is 11.1 Å². The summed E-state index contributed by atoms with van der Waals surface area (Å²) < 4.78 is 0. The van der Waals surface area contributed by atoms with Crippen LogP contribution in [0.25, 0.3) is 0 Å². The van der Waals surface area contributed by atoms with Crippen LogP contribution in [0, 0.1) is 17.0 Å². The van der Waals surface area contributed by atoms with Gasteiger partial charge in [0.1, 0.15) is 5.69 Å². The Hall–Kier alpha value is -1.62. The maximum atomic E-state index is 10.9. The fraction of sp³-hybridized carbons (Fsp3) is 0.500. The van der Waals surface area contributed by atoms with E-state index in [1.54, 1.807) is 6.07 Å². The molecule has 1 aromatic rings. The van der Waals surface area contributed by atoms with Gasteiger partial charge in [0.05, 0.1) is 4.92 Å². The number of nitro benzene ring substituents is 1. The van der Waals surface area contributed by atoms with Crippen LogP contribution in [0.3, 0.4) is 0 Å². The third-order valence-corrected chi connectivity index (χ3v) is 2.72. The molecule has 1 unspecified atom stereocenters. The first-order valence-corrected chi connectivity index (χ1v) is 5.80. The minimum Gasteiger partial charge on any atom is -0.375 e. The summed E-state index contributed by atoms with van der Waals surface area (Å²) in [6, 6.07) is 5.14. The molecular weight excluding hydrogens is 218 g/mol. The van der Waals surface area contributed by atoms with E-state index < -0.39 is 0 Å². The molecule has 0 radical (unpaired) electrons. The van der Waals surface area contributed by atoms with Gasteiger partial charge >= 0.3 is 0 Å². The number of rotatable bonds is 6. The van der Waals surface area contributed by atoms with E-state index >= 15 is 0 Å². The molecule has 1 aromatic carbocycles. The largest absolute Gasteiger partial charge is 0.375 e. The Morgan fingerprint density at radius 2 is 2.24 bits per heavy atom. The van der Waals surface area contributed by atoms with Gasteiger partial charge in [0.25, 0.3) is 5.69 Å². The van der Waals surface area contributed by atoms with Gasteiger partial charge in [-0.05, 0) is 18.9 Å². The summed E-state index contributed by atoms with van der Waals surface area (Å²) in [6.45, 7) is 4.39. The lowest BCUT2D eigenvalue weighted by Crippen LogP contribution is -2.29. The molecule has 5 heteroatoms. The molecule has 1 rings (SSSR count). The first-order chi connectivity index (χ1) is 8.10. The van der Waals surface area contributed by atoms with Gasteiger partial charge in [0.15, 0.2) is 0 Å². The monoisotopic (exact) mass is 237 g/mol. The molecule has 0 aromatic heterocycles. The first-order valence-electron chi connectivity index (χ1n) is 5.80. The molecular formula is C12H19N3O2. The molecule has 0 aliphatic carbocycles. The fourth-order valence-electron chi connectivity index (χ4n) is 1.79. The van der Waals surface area contributed by atoms with Crippen LogP contribution >= 0.6 is 0 Å². The Bertz CT molecular complexity index is 393. The van der Waals surface area contributed by atoms with Crippen LogP contribution in [0.5, 0.6) is 0 Å². The van der Waals surface area contributed by atoms with Crippen molar-refractivity contribution in [3.05, 3.63) is 33.9 Å². The zero-order chi connectivity index (χ0) is 12.8. The van der Waals surface area contributed by atoms with Gasteiger partial charge in [0, 0.05) is 18.7 Å². The average molecular weight is 237 g/mol. The van der Waals surface area contributed by atoms with Crippen molar-refractivity contribution in [1.29, 1.82) is 0 Å². The Morgan fingerprint density at radius 3 is 2.76 bits per heavy atom. The number of hydrogen-bond donors (Lipinski definition) is 2. The summed E-state index contributed by atoms with van der Waals surface area (Å²) in [5.41, 5.74) is 7.22. The number of hydrogen-bond acceptors (Lipinski definition) is 4. The molecule has 94 valence electrons. The lowest BCUT2D eigenvalue weighted by atomic mass is 10.1. The van der Waals surface area contributed by atoms with E-state index in [0.29, 0.717) is 12.2 Å². The van der Waals surface area contributed by atoms with Crippen molar-refractivity contribution in [2.45, 2.75) is 32.7 Å².